The summed E-state index contributed by atoms with van der Waals surface area (Å²) in [5.41, 5.74) is 5.86. The Morgan fingerprint density at radius 2 is 1.74 bits per heavy atom. The minimum atomic E-state index is 0. The average Bonchev–Trinajstić information content (AvgIpc) is 2.84. The Morgan fingerprint density at radius 3 is 2.30 bits per heavy atom. The molecule has 1 heterocycles. The molecule has 0 spiro atoms. The molecule has 0 radical (unpaired) electrons. The van der Waals surface area contributed by atoms with Gasteiger partial charge in [-0.15, -0.1) is 24.8 Å². The summed E-state index contributed by atoms with van der Waals surface area (Å²) in [5, 5.41) is 3.09. The Hall–Kier alpha value is -0.0300. The Morgan fingerprint density at radius 1 is 1.09 bits per heavy atom. The number of piperidine rings is 1. The molecule has 2 aliphatic rings. The zero-order valence-electron chi connectivity index (χ0n) is 14.6. The molecule has 138 valence electrons. The maximum Gasteiger partial charge on any atom is 0.223 e. The third-order valence-corrected chi connectivity index (χ3v) is 4.99. The van der Waals surface area contributed by atoms with E-state index in [1.165, 1.54) is 32.5 Å². The summed E-state index contributed by atoms with van der Waals surface area (Å²) in [4.78, 5) is 14.6. The van der Waals surface area contributed by atoms with Crippen LogP contribution in [0.4, 0.5) is 0 Å². The maximum atomic E-state index is 12.0. The number of hydrogen-bond acceptors (Lipinski definition) is 3. The Bertz CT molecular complexity index is 334. The van der Waals surface area contributed by atoms with E-state index in [0.717, 1.165) is 44.1 Å². The van der Waals surface area contributed by atoms with Crippen molar-refractivity contribution in [1.29, 1.82) is 0 Å². The van der Waals surface area contributed by atoms with E-state index in [0.29, 0.717) is 0 Å². The Balaban J connectivity index is 0.00000242. The molecular formula is C17H35Cl2N3O. The van der Waals surface area contributed by atoms with E-state index in [9.17, 15) is 4.79 Å². The fourth-order valence-corrected chi connectivity index (χ4v) is 4.05. The summed E-state index contributed by atoms with van der Waals surface area (Å²) < 4.78 is 0. The van der Waals surface area contributed by atoms with E-state index in [2.05, 4.69) is 24.1 Å². The predicted molar refractivity (Wildman–Crippen MR) is 101 cm³/mol. The van der Waals surface area contributed by atoms with Crippen molar-refractivity contribution in [2.75, 3.05) is 26.2 Å². The first kappa shape index (κ1) is 23.0. The lowest BCUT2D eigenvalue weighted by molar-refractivity contribution is -0.124. The van der Waals surface area contributed by atoms with Crippen LogP contribution < -0.4 is 11.1 Å². The zero-order chi connectivity index (χ0) is 15.2. The number of rotatable bonds is 6. The number of halogens is 2. The highest BCUT2D eigenvalue weighted by atomic mass is 35.5. The Labute approximate surface area is 154 Å². The fraction of sp³-hybridized carbons (Fsp3) is 0.941. The quantitative estimate of drug-likeness (QED) is 0.709. The van der Waals surface area contributed by atoms with Crippen LogP contribution in [-0.2, 0) is 4.79 Å². The van der Waals surface area contributed by atoms with E-state index in [-0.39, 0.29) is 42.7 Å². The number of carbonyl (C=O) groups is 1. The third-order valence-electron chi connectivity index (χ3n) is 4.99. The van der Waals surface area contributed by atoms with Gasteiger partial charge in [-0.25, -0.2) is 0 Å². The smallest absolute Gasteiger partial charge is 0.223 e. The monoisotopic (exact) mass is 367 g/mol. The molecule has 0 aromatic heterocycles. The molecule has 2 rings (SSSR count). The second kappa shape index (κ2) is 11.5. The second-order valence-corrected chi connectivity index (χ2v) is 7.47. The van der Waals surface area contributed by atoms with E-state index in [1.807, 2.05) is 0 Å². The van der Waals surface area contributed by atoms with Crippen LogP contribution in [0.3, 0.4) is 0 Å². The molecule has 1 saturated heterocycles. The van der Waals surface area contributed by atoms with E-state index < -0.39 is 0 Å². The summed E-state index contributed by atoms with van der Waals surface area (Å²) >= 11 is 0. The summed E-state index contributed by atoms with van der Waals surface area (Å²) in [7, 11) is 0. The van der Waals surface area contributed by atoms with Gasteiger partial charge in [-0.05, 0) is 56.9 Å². The lowest BCUT2D eigenvalue weighted by atomic mass is 9.92. The minimum Gasteiger partial charge on any atom is -0.356 e. The number of hydrogen-bond donors (Lipinski definition) is 2. The molecule has 4 nitrogen and oxygen atoms in total. The lowest BCUT2D eigenvalue weighted by Gasteiger charge is -2.34. The van der Waals surface area contributed by atoms with Gasteiger partial charge in [0, 0.05) is 31.6 Å². The van der Waals surface area contributed by atoms with Crippen LogP contribution in [0.15, 0.2) is 0 Å². The minimum absolute atomic E-state index is 0. The molecule has 1 aliphatic carbocycles. The number of amides is 1. The number of nitrogens with zero attached hydrogens (tertiary/aromatic N) is 1. The standard InChI is InChI=1S/C17H33N3O.2ClH/c1-13-9-14(2)12-20(11-13)8-4-3-7-19-17(21)15-5-6-16(18)10-15;;/h13-16H,3-12,18H2,1-2H3,(H,19,21);2*1H. The van der Waals surface area contributed by atoms with Gasteiger partial charge in [-0.1, -0.05) is 13.8 Å². The van der Waals surface area contributed by atoms with E-state index in [4.69, 9.17) is 5.73 Å². The van der Waals surface area contributed by atoms with Crippen molar-refractivity contribution in [2.24, 2.45) is 23.5 Å². The highest BCUT2D eigenvalue weighted by molar-refractivity contribution is 5.85. The molecule has 0 aromatic rings. The summed E-state index contributed by atoms with van der Waals surface area (Å²) in [6.07, 6.45) is 6.49. The van der Waals surface area contributed by atoms with Crippen LogP contribution >= 0.6 is 24.8 Å². The van der Waals surface area contributed by atoms with Crippen LogP contribution in [-0.4, -0.2) is 43.0 Å². The van der Waals surface area contributed by atoms with Gasteiger partial charge >= 0.3 is 0 Å². The SMILES string of the molecule is CC1CC(C)CN(CCCCNC(=O)C2CCC(N)C2)C1.Cl.Cl. The van der Waals surface area contributed by atoms with Crippen molar-refractivity contribution in [3.05, 3.63) is 0 Å². The van der Waals surface area contributed by atoms with Crippen LogP contribution in [0, 0.1) is 17.8 Å². The van der Waals surface area contributed by atoms with E-state index in [1.54, 1.807) is 0 Å². The van der Waals surface area contributed by atoms with Crippen molar-refractivity contribution in [2.45, 2.75) is 58.4 Å². The largest absolute Gasteiger partial charge is 0.356 e. The Kier molecular flexibility index (Phi) is 11.5. The molecule has 3 N–H and O–H groups in total. The number of unbranched alkanes of at least 4 members (excludes halogenated alkanes) is 1. The van der Waals surface area contributed by atoms with Gasteiger partial charge < -0.3 is 16.0 Å². The maximum absolute atomic E-state index is 12.0. The number of carbonyl (C=O) groups excluding carboxylic acids is 1. The molecule has 0 bridgehead atoms. The van der Waals surface area contributed by atoms with Crippen LogP contribution in [0.1, 0.15) is 52.4 Å². The number of likely N-dealkylation sites (tertiary alicyclic amines) is 1. The van der Waals surface area contributed by atoms with Gasteiger partial charge in [0.25, 0.3) is 0 Å². The number of nitrogens with two attached hydrogens (primary N) is 1. The summed E-state index contributed by atoms with van der Waals surface area (Å²) in [6.45, 7) is 9.21. The zero-order valence-corrected chi connectivity index (χ0v) is 16.3. The first-order valence-corrected chi connectivity index (χ1v) is 8.80. The normalized spacial score (nSPS) is 31.1. The van der Waals surface area contributed by atoms with Gasteiger partial charge in [0.1, 0.15) is 0 Å². The highest BCUT2D eigenvalue weighted by Crippen LogP contribution is 2.24. The highest BCUT2D eigenvalue weighted by Gasteiger charge is 2.27. The first-order chi connectivity index (χ1) is 10.0. The van der Waals surface area contributed by atoms with Crippen molar-refractivity contribution in [1.82, 2.24) is 10.2 Å². The third kappa shape index (κ3) is 8.06. The molecule has 1 amide bonds. The molecule has 4 unspecified atom stereocenters. The molecule has 2 fully saturated rings. The molecule has 1 aliphatic heterocycles. The molecule has 6 heteroatoms. The van der Waals surface area contributed by atoms with Gasteiger partial charge in [0.15, 0.2) is 0 Å². The van der Waals surface area contributed by atoms with Gasteiger partial charge in [0.05, 0.1) is 0 Å². The molecule has 4 atom stereocenters. The van der Waals surface area contributed by atoms with Gasteiger partial charge in [-0.2, -0.15) is 0 Å². The van der Waals surface area contributed by atoms with Crippen LogP contribution in [0.25, 0.3) is 0 Å². The molecule has 1 saturated carbocycles. The summed E-state index contributed by atoms with van der Waals surface area (Å²) in [5.74, 6) is 2.06. The fourth-order valence-electron chi connectivity index (χ4n) is 4.05. The van der Waals surface area contributed by atoms with Crippen molar-refractivity contribution in [3.8, 4) is 0 Å². The van der Waals surface area contributed by atoms with Gasteiger partial charge in [-0.3, -0.25) is 4.79 Å². The van der Waals surface area contributed by atoms with E-state index >= 15 is 0 Å². The number of nitrogens with one attached hydrogen (secondary N) is 1. The van der Waals surface area contributed by atoms with Crippen molar-refractivity contribution in [3.63, 3.8) is 0 Å². The molecular weight excluding hydrogens is 333 g/mol. The van der Waals surface area contributed by atoms with Crippen LogP contribution in [0.2, 0.25) is 0 Å². The van der Waals surface area contributed by atoms with Gasteiger partial charge in [0.2, 0.25) is 5.91 Å². The molecule has 23 heavy (non-hydrogen) atoms. The topological polar surface area (TPSA) is 58.4 Å². The summed E-state index contributed by atoms with van der Waals surface area (Å²) in [6, 6.07) is 0.240. The van der Waals surface area contributed by atoms with Crippen LogP contribution in [0.5, 0.6) is 0 Å². The van der Waals surface area contributed by atoms with Crippen molar-refractivity contribution >= 4 is 30.7 Å². The average molecular weight is 368 g/mol. The van der Waals surface area contributed by atoms with Crippen molar-refractivity contribution < 1.29 is 4.79 Å². The predicted octanol–water partition coefficient (Wildman–Crippen LogP) is 2.83. The first-order valence-electron chi connectivity index (χ1n) is 8.80. The molecule has 0 aromatic carbocycles. The second-order valence-electron chi connectivity index (χ2n) is 7.47. The lowest BCUT2D eigenvalue weighted by Crippen LogP contribution is -2.39.